The van der Waals surface area contributed by atoms with Gasteiger partial charge < -0.3 is 26.6 Å². The van der Waals surface area contributed by atoms with Crippen LogP contribution < -0.4 is 16.4 Å². The molecule has 9 heteroatoms. The first-order valence-electron chi connectivity index (χ1n) is 7.94. The minimum absolute atomic E-state index is 0.0465. The molecule has 0 heterocycles. The third-order valence-electron chi connectivity index (χ3n) is 3.48. The predicted octanol–water partition coefficient (Wildman–Crippen LogP) is -0.310. The van der Waals surface area contributed by atoms with Crippen LogP contribution in [0.25, 0.3) is 0 Å². The van der Waals surface area contributed by atoms with Gasteiger partial charge in [-0.1, -0.05) is 26.7 Å². The molecule has 0 saturated heterocycles. The normalized spacial score (nSPS) is 14.3. The molecule has 0 aliphatic rings. The highest BCUT2D eigenvalue weighted by atomic mass is 16.4. The van der Waals surface area contributed by atoms with Gasteiger partial charge in [-0.15, -0.1) is 0 Å². The molecule has 0 aromatic rings. The second-order valence-corrected chi connectivity index (χ2v) is 5.84. The van der Waals surface area contributed by atoms with Crippen molar-refractivity contribution in [2.75, 3.05) is 6.54 Å². The van der Waals surface area contributed by atoms with Crippen LogP contribution in [0.4, 0.5) is 0 Å². The van der Waals surface area contributed by atoms with Crippen LogP contribution in [0.1, 0.15) is 46.0 Å². The molecule has 0 aromatic heterocycles. The van der Waals surface area contributed by atoms with E-state index in [-0.39, 0.29) is 18.8 Å². The number of amides is 2. The van der Waals surface area contributed by atoms with E-state index in [1.807, 2.05) is 13.8 Å². The molecule has 0 bridgehead atoms. The van der Waals surface area contributed by atoms with E-state index < -0.39 is 42.4 Å². The lowest BCUT2D eigenvalue weighted by Crippen LogP contribution is -2.48. The van der Waals surface area contributed by atoms with E-state index in [2.05, 4.69) is 10.6 Å². The van der Waals surface area contributed by atoms with Crippen molar-refractivity contribution in [3.8, 4) is 0 Å². The highest BCUT2D eigenvalue weighted by molar-refractivity contribution is 5.89. The summed E-state index contributed by atoms with van der Waals surface area (Å²) in [6.07, 6.45) is 1.98. The molecule has 0 fully saturated rings. The summed E-state index contributed by atoms with van der Waals surface area (Å²) >= 11 is 0. The molecule has 0 radical (unpaired) electrons. The first kappa shape index (κ1) is 21.8. The molecule has 0 saturated carbocycles. The van der Waals surface area contributed by atoms with Gasteiger partial charge in [-0.05, 0) is 18.8 Å². The van der Waals surface area contributed by atoms with Gasteiger partial charge in [-0.25, -0.2) is 0 Å². The Morgan fingerprint density at radius 2 is 1.75 bits per heavy atom. The fourth-order valence-electron chi connectivity index (χ4n) is 2.21. The zero-order chi connectivity index (χ0) is 18.7. The summed E-state index contributed by atoms with van der Waals surface area (Å²) in [5, 5.41) is 22.1. The van der Waals surface area contributed by atoms with Crippen molar-refractivity contribution < 1.29 is 29.4 Å². The van der Waals surface area contributed by atoms with Crippen molar-refractivity contribution >= 4 is 23.8 Å². The summed E-state index contributed by atoms with van der Waals surface area (Å²) in [6.45, 7) is 3.41. The molecule has 3 unspecified atom stereocenters. The highest BCUT2D eigenvalue weighted by Gasteiger charge is 2.24. The molecule has 6 N–H and O–H groups in total. The van der Waals surface area contributed by atoms with Gasteiger partial charge in [-0.3, -0.25) is 19.2 Å². The molecule has 2 amide bonds. The van der Waals surface area contributed by atoms with E-state index in [0.717, 1.165) is 12.8 Å². The maximum Gasteiger partial charge on any atom is 0.322 e. The van der Waals surface area contributed by atoms with Gasteiger partial charge in [0.25, 0.3) is 0 Å². The van der Waals surface area contributed by atoms with Crippen molar-refractivity contribution in [1.82, 2.24) is 10.6 Å². The highest BCUT2D eigenvalue weighted by Crippen LogP contribution is 2.13. The molecular formula is C15H27N3O6. The second-order valence-electron chi connectivity index (χ2n) is 5.84. The maximum absolute atomic E-state index is 12.1. The maximum atomic E-state index is 12.1. The number of rotatable bonds is 12. The molecule has 0 aliphatic carbocycles. The Labute approximate surface area is 141 Å². The van der Waals surface area contributed by atoms with Gasteiger partial charge >= 0.3 is 11.9 Å². The summed E-state index contributed by atoms with van der Waals surface area (Å²) in [4.78, 5) is 45.1. The average Bonchev–Trinajstić information content (AvgIpc) is 2.49. The van der Waals surface area contributed by atoms with Crippen LogP contribution in [0.3, 0.4) is 0 Å². The van der Waals surface area contributed by atoms with Crippen LogP contribution >= 0.6 is 0 Å². The number of hydrogen-bond acceptors (Lipinski definition) is 5. The SMILES string of the molecule is CCCC(C)CC(NC(=O)CCC(N)C(=O)O)C(=O)NCC(=O)O. The third kappa shape index (κ3) is 9.78. The quantitative estimate of drug-likeness (QED) is 0.324. The van der Waals surface area contributed by atoms with Crippen molar-refractivity contribution in [3.63, 3.8) is 0 Å². The number of carboxylic acids is 2. The first-order valence-corrected chi connectivity index (χ1v) is 7.94. The number of hydrogen-bond donors (Lipinski definition) is 5. The Hall–Kier alpha value is -2.16. The molecular weight excluding hydrogens is 318 g/mol. The topological polar surface area (TPSA) is 159 Å². The van der Waals surface area contributed by atoms with Crippen LogP contribution in [0.5, 0.6) is 0 Å². The Kier molecular flexibility index (Phi) is 10.4. The van der Waals surface area contributed by atoms with Gasteiger partial charge in [0.15, 0.2) is 0 Å². The van der Waals surface area contributed by atoms with E-state index >= 15 is 0 Å². The molecule has 0 spiro atoms. The second kappa shape index (κ2) is 11.4. The lowest BCUT2D eigenvalue weighted by atomic mass is 9.96. The molecule has 0 rings (SSSR count). The smallest absolute Gasteiger partial charge is 0.322 e. The third-order valence-corrected chi connectivity index (χ3v) is 3.48. The monoisotopic (exact) mass is 345 g/mol. The van der Waals surface area contributed by atoms with Crippen LogP contribution in [-0.4, -0.2) is 52.6 Å². The zero-order valence-corrected chi connectivity index (χ0v) is 14.1. The van der Waals surface area contributed by atoms with E-state index in [0.29, 0.717) is 6.42 Å². The van der Waals surface area contributed by atoms with E-state index in [9.17, 15) is 19.2 Å². The van der Waals surface area contributed by atoms with Gasteiger partial charge in [0.05, 0.1) is 0 Å². The number of carboxylic acid groups (broad SMARTS) is 2. The Morgan fingerprint density at radius 3 is 2.25 bits per heavy atom. The predicted molar refractivity (Wildman–Crippen MR) is 86.1 cm³/mol. The lowest BCUT2D eigenvalue weighted by molar-refractivity contribution is -0.139. The van der Waals surface area contributed by atoms with E-state index in [4.69, 9.17) is 15.9 Å². The minimum Gasteiger partial charge on any atom is -0.480 e. The van der Waals surface area contributed by atoms with Gasteiger partial charge in [0.1, 0.15) is 18.6 Å². The minimum atomic E-state index is -1.20. The summed E-state index contributed by atoms with van der Waals surface area (Å²) in [7, 11) is 0. The number of carbonyl (C=O) groups is 4. The molecule has 138 valence electrons. The van der Waals surface area contributed by atoms with Crippen molar-refractivity contribution in [2.24, 2.45) is 11.7 Å². The molecule has 0 aliphatic heterocycles. The van der Waals surface area contributed by atoms with Gasteiger partial charge in [0, 0.05) is 6.42 Å². The first-order chi connectivity index (χ1) is 11.2. The van der Waals surface area contributed by atoms with E-state index in [1.54, 1.807) is 0 Å². The van der Waals surface area contributed by atoms with Gasteiger partial charge in [-0.2, -0.15) is 0 Å². The summed E-state index contributed by atoms with van der Waals surface area (Å²) in [5.74, 6) is -3.28. The summed E-state index contributed by atoms with van der Waals surface area (Å²) in [6, 6.07) is -2.01. The number of carbonyl (C=O) groups excluding carboxylic acids is 2. The van der Waals surface area contributed by atoms with Crippen LogP contribution in [0.15, 0.2) is 0 Å². The summed E-state index contributed by atoms with van der Waals surface area (Å²) in [5.41, 5.74) is 5.33. The molecule has 9 nitrogen and oxygen atoms in total. The Bertz CT molecular complexity index is 454. The standard InChI is InChI=1S/C15H27N3O6/c1-3-4-9(2)7-11(14(22)17-8-13(20)21)18-12(19)6-5-10(16)15(23)24/h9-11H,3-8,16H2,1-2H3,(H,17,22)(H,18,19)(H,20,21)(H,23,24). The average molecular weight is 345 g/mol. The molecule has 3 atom stereocenters. The Balaban J connectivity index is 4.66. The van der Waals surface area contributed by atoms with E-state index in [1.165, 1.54) is 0 Å². The largest absolute Gasteiger partial charge is 0.480 e. The summed E-state index contributed by atoms with van der Waals surface area (Å²) < 4.78 is 0. The number of aliphatic carboxylic acids is 2. The van der Waals surface area contributed by atoms with Crippen LogP contribution in [0, 0.1) is 5.92 Å². The van der Waals surface area contributed by atoms with Crippen molar-refractivity contribution in [1.29, 1.82) is 0 Å². The van der Waals surface area contributed by atoms with Crippen molar-refractivity contribution in [3.05, 3.63) is 0 Å². The van der Waals surface area contributed by atoms with Gasteiger partial charge in [0.2, 0.25) is 11.8 Å². The molecule has 0 aromatic carbocycles. The Morgan fingerprint density at radius 1 is 1.12 bits per heavy atom. The lowest BCUT2D eigenvalue weighted by Gasteiger charge is -2.21. The number of nitrogens with two attached hydrogens (primary N) is 1. The van der Waals surface area contributed by atoms with Crippen LogP contribution in [0.2, 0.25) is 0 Å². The molecule has 24 heavy (non-hydrogen) atoms. The van der Waals surface area contributed by atoms with Crippen molar-refractivity contribution in [2.45, 2.75) is 58.0 Å². The fraction of sp³-hybridized carbons (Fsp3) is 0.733. The number of nitrogens with one attached hydrogen (secondary N) is 2. The zero-order valence-electron chi connectivity index (χ0n) is 14.1. The fourth-order valence-corrected chi connectivity index (χ4v) is 2.21. The van der Waals surface area contributed by atoms with Crippen LogP contribution in [-0.2, 0) is 19.2 Å².